The van der Waals surface area contributed by atoms with Crippen LogP contribution in [0.2, 0.25) is 18.1 Å². The molecule has 49 heavy (non-hydrogen) atoms. The second-order valence-corrected chi connectivity index (χ2v) is 19.8. The first kappa shape index (κ1) is 37.3. The number of rotatable bonds is 11. The first-order valence-electron chi connectivity index (χ1n) is 17.6. The quantitative estimate of drug-likeness (QED) is 0.178. The van der Waals surface area contributed by atoms with Gasteiger partial charge in [0.25, 0.3) is 0 Å². The Morgan fingerprint density at radius 1 is 1.08 bits per heavy atom. The standard InChI is InChI=1S/C38H52O10Si/c1-9-13-19-28(40)47-37-22-45-27(37)20-26(48-49(10-2,11-3)12-4)36(8)31(37)33(46-34(43)24-17-15-14-16-18-24)38(44)21-25(39)23(5)29(35(38,6)7)30(41)32(36)42/h9,14-18,26-27,30-31,33,41,44H,1,10-13,19-22H2,2-8H3/t26-,27+,30+,31-,33-,36+,37-,38+/m0/s1. The van der Waals surface area contributed by atoms with E-state index in [1.165, 1.54) is 0 Å². The molecule has 5 rings (SSSR count). The van der Waals surface area contributed by atoms with Crippen LogP contribution >= 0.6 is 0 Å². The molecule has 3 aliphatic carbocycles. The molecule has 2 bridgehead atoms. The number of aliphatic hydroxyl groups excluding tert-OH is 1. The first-order valence-corrected chi connectivity index (χ1v) is 20.1. The molecule has 2 N–H and O–H groups in total. The molecule has 0 unspecified atom stereocenters. The molecular weight excluding hydrogens is 644 g/mol. The number of carbonyl (C=O) groups excluding carboxylic acids is 4. The van der Waals surface area contributed by atoms with Gasteiger partial charge in [-0.15, -0.1) is 6.58 Å². The maximum absolute atomic E-state index is 15.3. The number of carbonyl (C=O) groups is 4. The molecular formula is C38H52O10Si. The molecule has 4 aliphatic rings. The van der Waals surface area contributed by atoms with Crippen molar-refractivity contribution in [2.45, 2.75) is 128 Å². The van der Waals surface area contributed by atoms with Crippen molar-refractivity contribution in [2.75, 3.05) is 6.61 Å². The van der Waals surface area contributed by atoms with Gasteiger partial charge in [-0.2, -0.15) is 0 Å². The Labute approximate surface area is 290 Å². The van der Waals surface area contributed by atoms with E-state index < -0.39 is 90.6 Å². The molecule has 1 heterocycles. The van der Waals surface area contributed by atoms with Crippen molar-refractivity contribution in [3.63, 3.8) is 0 Å². The van der Waals surface area contributed by atoms with Gasteiger partial charge in [-0.05, 0) is 61.7 Å². The highest BCUT2D eigenvalue weighted by Gasteiger charge is 2.78. The zero-order valence-electron chi connectivity index (χ0n) is 29.9. The van der Waals surface area contributed by atoms with Crippen molar-refractivity contribution < 1.29 is 48.0 Å². The van der Waals surface area contributed by atoms with Crippen molar-refractivity contribution >= 4 is 31.8 Å². The van der Waals surface area contributed by atoms with Crippen LogP contribution in [0.15, 0.2) is 54.1 Å². The number of benzene rings is 1. The molecule has 1 aromatic carbocycles. The monoisotopic (exact) mass is 696 g/mol. The number of hydrogen-bond acceptors (Lipinski definition) is 10. The third-order valence-corrected chi connectivity index (χ3v) is 17.2. The van der Waals surface area contributed by atoms with Gasteiger partial charge in [-0.25, -0.2) is 4.79 Å². The van der Waals surface area contributed by atoms with E-state index in [4.69, 9.17) is 18.6 Å². The number of hydrogen-bond donors (Lipinski definition) is 2. The molecule has 0 aromatic heterocycles. The number of Topliss-reactive ketones (excluding diaryl/α,β-unsaturated/α-hetero) is 2. The van der Waals surface area contributed by atoms with Gasteiger partial charge in [-0.1, -0.05) is 58.9 Å². The van der Waals surface area contributed by atoms with Crippen LogP contribution in [-0.2, 0) is 33.0 Å². The van der Waals surface area contributed by atoms with Crippen LogP contribution in [0.3, 0.4) is 0 Å². The molecule has 1 aromatic rings. The van der Waals surface area contributed by atoms with Gasteiger partial charge >= 0.3 is 11.9 Å². The maximum atomic E-state index is 15.3. The summed E-state index contributed by atoms with van der Waals surface area (Å²) in [6.45, 7) is 16.3. The molecule has 1 aliphatic heterocycles. The Morgan fingerprint density at radius 3 is 2.27 bits per heavy atom. The average molecular weight is 697 g/mol. The lowest BCUT2D eigenvalue weighted by Gasteiger charge is -2.68. The molecule has 0 amide bonds. The minimum atomic E-state index is -2.46. The van der Waals surface area contributed by atoms with E-state index in [2.05, 4.69) is 27.4 Å². The van der Waals surface area contributed by atoms with E-state index >= 15 is 4.79 Å². The summed E-state index contributed by atoms with van der Waals surface area (Å²) in [7, 11) is -2.46. The third-order valence-electron chi connectivity index (χ3n) is 12.6. The van der Waals surface area contributed by atoms with Crippen molar-refractivity contribution in [3.05, 3.63) is 59.7 Å². The van der Waals surface area contributed by atoms with E-state index in [0.717, 1.165) is 18.1 Å². The molecule has 0 spiro atoms. The lowest BCUT2D eigenvalue weighted by atomic mass is 9.45. The van der Waals surface area contributed by atoms with E-state index in [9.17, 15) is 24.6 Å². The topological polar surface area (TPSA) is 146 Å². The lowest BCUT2D eigenvalue weighted by molar-refractivity contribution is -0.343. The predicted octanol–water partition coefficient (Wildman–Crippen LogP) is 5.27. The first-order chi connectivity index (χ1) is 23.0. The summed E-state index contributed by atoms with van der Waals surface area (Å²) in [5.74, 6) is -3.74. The Kier molecular flexibility index (Phi) is 10.1. The molecule has 8 atom stereocenters. The Morgan fingerprint density at radius 2 is 1.71 bits per heavy atom. The fraction of sp³-hybridized carbons (Fsp3) is 0.632. The Balaban J connectivity index is 1.83. The maximum Gasteiger partial charge on any atom is 0.338 e. The summed E-state index contributed by atoms with van der Waals surface area (Å²) >= 11 is 0. The summed E-state index contributed by atoms with van der Waals surface area (Å²) in [4.78, 5) is 56.6. The highest BCUT2D eigenvalue weighted by molar-refractivity contribution is 6.73. The normalized spacial score (nSPS) is 35.2. The summed E-state index contributed by atoms with van der Waals surface area (Å²) in [5, 5.41) is 25.3. The molecule has 2 saturated carbocycles. The number of allylic oxidation sites excluding steroid dienone is 2. The van der Waals surface area contributed by atoms with Gasteiger partial charge in [-0.3, -0.25) is 14.4 Å². The highest BCUT2D eigenvalue weighted by Crippen LogP contribution is 2.64. The molecule has 3 fully saturated rings. The van der Waals surface area contributed by atoms with Gasteiger partial charge in [0.1, 0.15) is 23.9 Å². The summed E-state index contributed by atoms with van der Waals surface area (Å²) in [5.41, 5.74) is -6.34. The smallest absolute Gasteiger partial charge is 0.338 e. The van der Waals surface area contributed by atoms with Crippen LogP contribution in [0.5, 0.6) is 0 Å². The van der Waals surface area contributed by atoms with Gasteiger partial charge in [0.2, 0.25) is 0 Å². The zero-order valence-corrected chi connectivity index (χ0v) is 30.9. The molecule has 11 heteroatoms. The largest absolute Gasteiger partial charge is 0.455 e. The fourth-order valence-corrected chi connectivity index (χ4v) is 12.1. The van der Waals surface area contributed by atoms with Crippen molar-refractivity contribution in [1.29, 1.82) is 0 Å². The molecule has 268 valence electrons. The predicted molar refractivity (Wildman–Crippen MR) is 184 cm³/mol. The number of fused-ring (bicyclic) bond motifs is 5. The van der Waals surface area contributed by atoms with Crippen molar-refractivity contribution in [3.8, 4) is 0 Å². The average Bonchev–Trinajstić information content (AvgIpc) is 3.07. The number of ether oxygens (including phenoxy) is 3. The second-order valence-electron chi connectivity index (χ2n) is 15.0. The Bertz CT molecular complexity index is 1520. The summed E-state index contributed by atoms with van der Waals surface area (Å²) in [6.07, 6.45) is -3.32. The number of ketones is 2. The van der Waals surface area contributed by atoms with Crippen LogP contribution in [0.4, 0.5) is 0 Å². The van der Waals surface area contributed by atoms with E-state index in [1.54, 1.807) is 64.1 Å². The second kappa shape index (κ2) is 13.3. The van der Waals surface area contributed by atoms with Crippen LogP contribution in [0.25, 0.3) is 0 Å². The van der Waals surface area contributed by atoms with Gasteiger partial charge in [0, 0.05) is 24.7 Å². The van der Waals surface area contributed by atoms with Gasteiger partial charge in [0.15, 0.2) is 25.5 Å². The van der Waals surface area contributed by atoms with E-state index in [-0.39, 0.29) is 36.2 Å². The van der Waals surface area contributed by atoms with Gasteiger partial charge in [0.05, 0.1) is 29.6 Å². The van der Waals surface area contributed by atoms with Gasteiger partial charge < -0.3 is 28.8 Å². The van der Waals surface area contributed by atoms with Crippen LogP contribution in [-0.4, -0.2) is 84.3 Å². The lowest BCUT2D eigenvalue weighted by Crippen LogP contribution is -2.82. The number of esters is 2. The third kappa shape index (κ3) is 5.60. The fourth-order valence-electron chi connectivity index (χ4n) is 9.14. The van der Waals surface area contributed by atoms with Crippen molar-refractivity contribution in [2.24, 2.45) is 16.7 Å². The van der Waals surface area contributed by atoms with Crippen LogP contribution in [0, 0.1) is 16.7 Å². The minimum absolute atomic E-state index is 0.00420. The van der Waals surface area contributed by atoms with Crippen molar-refractivity contribution in [1.82, 2.24) is 0 Å². The highest BCUT2D eigenvalue weighted by atomic mass is 28.4. The van der Waals surface area contributed by atoms with E-state index in [1.807, 2.05) is 0 Å². The van der Waals surface area contributed by atoms with Crippen LogP contribution in [0.1, 0.15) is 84.5 Å². The SMILES string of the molecule is C=CCCC(=O)O[C@@]12CO[C@@H]1C[C@H](O[Si](CC)(CC)CC)[C@@]1(C)C(=O)[C@H](O)C3=C(C)C(=O)C[C@@](O)([C@@H](OC(=O)c4ccccc4)[C@H]21)C3(C)C. The minimum Gasteiger partial charge on any atom is -0.455 e. The van der Waals surface area contributed by atoms with Crippen LogP contribution < -0.4 is 0 Å². The summed E-state index contributed by atoms with van der Waals surface area (Å²) in [6, 6.07) is 10.6. The molecule has 0 radical (unpaired) electrons. The summed E-state index contributed by atoms with van der Waals surface area (Å²) < 4.78 is 26.1. The van der Waals surface area contributed by atoms with E-state index in [0.29, 0.717) is 6.42 Å². The number of aliphatic hydroxyl groups is 2. The zero-order chi connectivity index (χ0) is 36.2. The Hall–Kier alpha value is -2.96. The molecule has 1 saturated heterocycles. The molecule has 10 nitrogen and oxygen atoms in total.